The van der Waals surface area contributed by atoms with Crippen molar-refractivity contribution in [3.63, 3.8) is 0 Å². The Morgan fingerprint density at radius 2 is 1.96 bits per heavy atom. The number of carbonyl (C=O) groups is 1. The minimum Gasteiger partial charge on any atom is -0.493 e. The number of rotatable bonds is 7. The number of anilines is 1. The SMILES string of the molecule is COc1cccc(/C=N\OCC(=O)Nc2cc(C)ccc2C)c1OC. The highest BCUT2D eigenvalue weighted by Crippen LogP contribution is 2.29. The van der Waals surface area contributed by atoms with Gasteiger partial charge in [-0.05, 0) is 43.2 Å². The van der Waals surface area contributed by atoms with Crippen molar-refractivity contribution in [3.8, 4) is 11.5 Å². The van der Waals surface area contributed by atoms with Crippen molar-refractivity contribution in [1.82, 2.24) is 0 Å². The van der Waals surface area contributed by atoms with Crippen molar-refractivity contribution in [2.45, 2.75) is 13.8 Å². The summed E-state index contributed by atoms with van der Waals surface area (Å²) in [5, 5.41) is 6.63. The monoisotopic (exact) mass is 342 g/mol. The van der Waals surface area contributed by atoms with Crippen molar-refractivity contribution in [2.24, 2.45) is 5.16 Å². The van der Waals surface area contributed by atoms with E-state index in [1.165, 1.54) is 6.21 Å². The van der Waals surface area contributed by atoms with Crippen LogP contribution >= 0.6 is 0 Å². The summed E-state index contributed by atoms with van der Waals surface area (Å²) in [5.41, 5.74) is 3.53. The molecule has 0 aliphatic heterocycles. The molecule has 0 heterocycles. The average molecular weight is 342 g/mol. The van der Waals surface area contributed by atoms with Gasteiger partial charge in [0.1, 0.15) is 0 Å². The number of carbonyl (C=O) groups excluding carboxylic acids is 1. The zero-order valence-corrected chi connectivity index (χ0v) is 14.8. The Balaban J connectivity index is 1.93. The van der Waals surface area contributed by atoms with Gasteiger partial charge in [-0.3, -0.25) is 4.79 Å². The van der Waals surface area contributed by atoms with Crippen LogP contribution in [-0.4, -0.2) is 32.9 Å². The van der Waals surface area contributed by atoms with Gasteiger partial charge in [-0.15, -0.1) is 0 Å². The summed E-state index contributed by atoms with van der Waals surface area (Å²) >= 11 is 0. The summed E-state index contributed by atoms with van der Waals surface area (Å²) in [6, 6.07) is 11.3. The van der Waals surface area contributed by atoms with Crippen LogP contribution in [-0.2, 0) is 9.63 Å². The summed E-state index contributed by atoms with van der Waals surface area (Å²) in [6.07, 6.45) is 1.48. The van der Waals surface area contributed by atoms with E-state index in [-0.39, 0.29) is 12.5 Å². The number of para-hydroxylation sites is 1. The topological polar surface area (TPSA) is 69.2 Å². The predicted molar refractivity (Wildman–Crippen MR) is 97.6 cm³/mol. The van der Waals surface area contributed by atoms with Crippen LogP contribution < -0.4 is 14.8 Å². The van der Waals surface area contributed by atoms with Gasteiger partial charge in [0.25, 0.3) is 5.91 Å². The molecule has 2 rings (SSSR count). The first-order valence-electron chi connectivity index (χ1n) is 7.78. The number of aryl methyl sites for hydroxylation is 2. The Hall–Kier alpha value is -3.02. The van der Waals surface area contributed by atoms with Gasteiger partial charge < -0.3 is 19.6 Å². The third kappa shape index (κ3) is 4.97. The second kappa shape index (κ2) is 8.73. The predicted octanol–water partition coefficient (Wildman–Crippen LogP) is 3.31. The van der Waals surface area contributed by atoms with Gasteiger partial charge in [0.2, 0.25) is 0 Å². The molecule has 0 spiro atoms. The molecule has 0 unspecified atom stereocenters. The van der Waals surface area contributed by atoms with Gasteiger partial charge in [0.15, 0.2) is 18.1 Å². The lowest BCUT2D eigenvalue weighted by Gasteiger charge is -2.10. The molecule has 6 heteroatoms. The molecule has 0 saturated carbocycles. The highest BCUT2D eigenvalue weighted by Gasteiger charge is 2.08. The lowest BCUT2D eigenvalue weighted by atomic mass is 10.1. The number of hydrogen-bond donors (Lipinski definition) is 1. The van der Waals surface area contributed by atoms with Gasteiger partial charge in [-0.1, -0.05) is 23.4 Å². The normalized spacial score (nSPS) is 10.6. The standard InChI is InChI=1S/C19H22N2O4/c1-13-8-9-14(2)16(10-13)21-18(22)12-25-20-11-15-6-5-7-17(23-3)19(15)24-4/h5-11H,12H2,1-4H3,(H,21,22)/b20-11-. The molecule has 2 aromatic rings. The maximum absolute atomic E-state index is 12.0. The van der Waals surface area contributed by atoms with E-state index in [1.807, 2.05) is 44.2 Å². The molecule has 0 fully saturated rings. The number of oxime groups is 1. The minimum absolute atomic E-state index is 0.184. The first-order valence-corrected chi connectivity index (χ1v) is 7.78. The van der Waals surface area contributed by atoms with Crippen molar-refractivity contribution < 1.29 is 19.1 Å². The van der Waals surface area contributed by atoms with Gasteiger partial charge in [0, 0.05) is 11.3 Å². The average Bonchev–Trinajstić information content (AvgIpc) is 2.61. The molecule has 1 N–H and O–H groups in total. The van der Waals surface area contributed by atoms with E-state index in [0.717, 1.165) is 16.8 Å². The Morgan fingerprint density at radius 1 is 1.16 bits per heavy atom. The number of amides is 1. The first kappa shape index (κ1) is 18.3. The molecule has 132 valence electrons. The van der Waals surface area contributed by atoms with E-state index in [1.54, 1.807) is 20.3 Å². The van der Waals surface area contributed by atoms with Crippen LogP contribution in [0.1, 0.15) is 16.7 Å². The van der Waals surface area contributed by atoms with Crippen LogP contribution in [0.25, 0.3) is 0 Å². The number of methoxy groups -OCH3 is 2. The highest BCUT2D eigenvalue weighted by molar-refractivity contribution is 5.92. The number of nitrogens with zero attached hydrogens (tertiary/aromatic N) is 1. The smallest absolute Gasteiger partial charge is 0.265 e. The largest absolute Gasteiger partial charge is 0.493 e. The zero-order valence-electron chi connectivity index (χ0n) is 14.8. The Bertz CT molecular complexity index is 772. The van der Waals surface area contributed by atoms with E-state index < -0.39 is 0 Å². The molecule has 6 nitrogen and oxygen atoms in total. The Morgan fingerprint density at radius 3 is 2.68 bits per heavy atom. The summed E-state index contributed by atoms with van der Waals surface area (Å²) in [4.78, 5) is 17.0. The van der Waals surface area contributed by atoms with E-state index in [0.29, 0.717) is 17.1 Å². The summed E-state index contributed by atoms with van der Waals surface area (Å²) in [6.45, 7) is 3.72. The molecule has 0 bridgehead atoms. The van der Waals surface area contributed by atoms with Crippen molar-refractivity contribution in [1.29, 1.82) is 0 Å². The molecule has 0 aliphatic rings. The Labute approximate surface area is 147 Å². The number of ether oxygens (including phenoxy) is 2. The lowest BCUT2D eigenvalue weighted by molar-refractivity contribution is -0.120. The van der Waals surface area contributed by atoms with Crippen LogP contribution in [0, 0.1) is 13.8 Å². The fourth-order valence-electron chi connectivity index (χ4n) is 2.26. The molecule has 0 aromatic heterocycles. The molecule has 0 atom stereocenters. The lowest BCUT2D eigenvalue weighted by Crippen LogP contribution is -2.17. The maximum atomic E-state index is 12.0. The Kier molecular flexibility index (Phi) is 6.39. The van der Waals surface area contributed by atoms with E-state index in [2.05, 4.69) is 10.5 Å². The number of nitrogens with one attached hydrogen (secondary N) is 1. The van der Waals surface area contributed by atoms with Crippen molar-refractivity contribution >= 4 is 17.8 Å². The van der Waals surface area contributed by atoms with Crippen LogP contribution in [0.15, 0.2) is 41.6 Å². The van der Waals surface area contributed by atoms with E-state index in [9.17, 15) is 4.79 Å². The van der Waals surface area contributed by atoms with Crippen LogP contribution in [0.4, 0.5) is 5.69 Å². The highest BCUT2D eigenvalue weighted by atomic mass is 16.6. The molecular weight excluding hydrogens is 320 g/mol. The minimum atomic E-state index is -0.275. The molecular formula is C19H22N2O4. The maximum Gasteiger partial charge on any atom is 0.265 e. The molecule has 25 heavy (non-hydrogen) atoms. The fraction of sp³-hybridized carbons (Fsp3) is 0.263. The number of hydrogen-bond acceptors (Lipinski definition) is 5. The van der Waals surface area contributed by atoms with Gasteiger partial charge >= 0.3 is 0 Å². The summed E-state index contributed by atoms with van der Waals surface area (Å²) in [7, 11) is 3.11. The second-order valence-electron chi connectivity index (χ2n) is 5.46. The van der Waals surface area contributed by atoms with Gasteiger partial charge in [0.05, 0.1) is 20.4 Å². The van der Waals surface area contributed by atoms with Crippen molar-refractivity contribution in [3.05, 3.63) is 53.1 Å². The molecule has 0 saturated heterocycles. The van der Waals surface area contributed by atoms with Crippen molar-refractivity contribution in [2.75, 3.05) is 26.1 Å². The van der Waals surface area contributed by atoms with Gasteiger partial charge in [-0.25, -0.2) is 0 Å². The summed E-state index contributed by atoms with van der Waals surface area (Å²) < 4.78 is 10.5. The second-order valence-corrected chi connectivity index (χ2v) is 5.46. The van der Waals surface area contributed by atoms with Gasteiger partial charge in [-0.2, -0.15) is 0 Å². The van der Waals surface area contributed by atoms with Crippen LogP contribution in [0.3, 0.4) is 0 Å². The summed E-state index contributed by atoms with van der Waals surface area (Å²) in [5.74, 6) is 0.875. The number of benzene rings is 2. The molecule has 1 amide bonds. The first-order chi connectivity index (χ1) is 12.0. The molecule has 2 aromatic carbocycles. The van der Waals surface area contributed by atoms with E-state index in [4.69, 9.17) is 14.3 Å². The quantitative estimate of drug-likeness (QED) is 0.619. The van der Waals surface area contributed by atoms with Crippen LogP contribution in [0.2, 0.25) is 0 Å². The molecule has 0 radical (unpaired) electrons. The zero-order chi connectivity index (χ0) is 18.2. The molecule has 0 aliphatic carbocycles. The third-order valence-corrected chi connectivity index (χ3v) is 3.56. The van der Waals surface area contributed by atoms with E-state index >= 15 is 0 Å². The third-order valence-electron chi connectivity index (χ3n) is 3.56. The van der Waals surface area contributed by atoms with Crippen LogP contribution in [0.5, 0.6) is 11.5 Å². The fourth-order valence-corrected chi connectivity index (χ4v) is 2.26.